The van der Waals surface area contributed by atoms with Gasteiger partial charge < -0.3 is 4.74 Å². The molecule has 0 aliphatic heterocycles. The molecule has 0 saturated heterocycles. The molecular formula is C12H13Br2F3O. The summed E-state index contributed by atoms with van der Waals surface area (Å²) >= 11 is 6.61. The van der Waals surface area contributed by atoms with E-state index in [1.165, 1.54) is 0 Å². The first-order chi connectivity index (χ1) is 8.33. The zero-order chi connectivity index (χ0) is 13.8. The Hall–Kier alpha value is -0.230. The maximum absolute atomic E-state index is 12.1. The molecule has 0 aliphatic rings. The number of rotatable bonds is 5. The number of halogens is 5. The Morgan fingerprint density at radius 2 is 2.00 bits per heavy atom. The fourth-order valence-electron chi connectivity index (χ4n) is 1.44. The highest BCUT2D eigenvalue weighted by Crippen LogP contribution is 2.36. The Labute approximate surface area is 121 Å². The molecule has 0 saturated carbocycles. The van der Waals surface area contributed by atoms with Crippen molar-refractivity contribution in [1.29, 1.82) is 0 Å². The van der Waals surface area contributed by atoms with Gasteiger partial charge in [0.15, 0.2) is 0 Å². The van der Waals surface area contributed by atoms with E-state index >= 15 is 0 Å². The summed E-state index contributed by atoms with van der Waals surface area (Å²) in [5.41, 5.74) is 0.801. The standard InChI is InChI=1S/C12H13Br2F3O/c1-2-18-11-4-3-8(7-10(11)14)9(13)5-6-12(15,16)17/h3-4,7,9H,2,5-6H2,1H3. The highest BCUT2D eigenvalue weighted by Gasteiger charge is 2.28. The van der Waals surface area contributed by atoms with E-state index in [4.69, 9.17) is 4.74 Å². The lowest BCUT2D eigenvalue weighted by atomic mass is 10.1. The molecule has 1 nitrogen and oxygen atoms in total. The summed E-state index contributed by atoms with van der Waals surface area (Å²) in [6.07, 6.45) is -4.90. The zero-order valence-corrected chi connectivity index (χ0v) is 12.9. The van der Waals surface area contributed by atoms with E-state index in [1.54, 1.807) is 18.2 Å². The second kappa shape index (κ2) is 6.80. The van der Waals surface area contributed by atoms with Crippen LogP contribution in [0.2, 0.25) is 0 Å². The topological polar surface area (TPSA) is 9.23 Å². The van der Waals surface area contributed by atoms with Crippen molar-refractivity contribution in [3.63, 3.8) is 0 Å². The van der Waals surface area contributed by atoms with Gasteiger partial charge in [0, 0.05) is 11.2 Å². The molecule has 0 spiro atoms. The van der Waals surface area contributed by atoms with Gasteiger partial charge in [-0.2, -0.15) is 13.2 Å². The van der Waals surface area contributed by atoms with Crippen LogP contribution in [0.25, 0.3) is 0 Å². The maximum Gasteiger partial charge on any atom is 0.389 e. The molecular weight excluding hydrogens is 377 g/mol. The van der Waals surface area contributed by atoms with Gasteiger partial charge in [-0.3, -0.25) is 0 Å². The number of alkyl halides is 4. The molecule has 1 aromatic rings. The van der Waals surface area contributed by atoms with Crippen LogP contribution in [0.15, 0.2) is 22.7 Å². The van der Waals surface area contributed by atoms with Crippen LogP contribution in [0.5, 0.6) is 5.75 Å². The molecule has 0 amide bonds. The van der Waals surface area contributed by atoms with Crippen LogP contribution in [-0.2, 0) is 0 Å². The third kappa shape index (κ3) is 5.18. The summed E-state index contributed by atoms with van der Waals surface area (Å²) in [5, 5.41) is 0. The molecule has 1 unspecified atom stereocenters. The van der Waals surface area contributed by atoms with Crippen LogP contribution in [0.1, 0.15) is 30.2 Å². The summed E-state index contributed by atoms with van der Waals surface area (Å²) in [5.74, 6) is 0.691. The van der Waals surface area contributed by atoms with Crippen molar-refractivity contribution >= 4 is 31.9 Å². The maximum atomic E-state index is 12.1. The van der Waals surface area contributed by atoms with Gasteiger partial charge in [-0.05, 0) is 47.0 Å². The number of hydrogen-bond donors (Lipinski definition) is 0. The molecule has 0 N–H and O–H groups in total. The first-order valence-electron chi connectivity index (χ1n) is 5.46. The van der Waals surface area contributed by atoms with Crippen LogP contribution in [0.3, 0.4) is 0 Å². The van der Waals surface area contributed by atoms with Gasteiger partial charge in [-0.25, -0.2) is 0 Å². The van der Waals surface area contributed by atoms with E-state index in [0.29, 0.717) is 12.4 Å². The van der Waals surface area contributed by atoms with E-state index in [9.17, 15) is 13.2 Å². The van der Waals surface area contributed by atoms with Crippen molar-refractivity contribution in [2.45, 2.75) is 30.8 Å². The van der Waals surface area contributed by atoms with Gasteiger partial charge in [0.1, 0.15) is 5.75 Å². The van der Waals surface area contributed by atoms with Crippen molar-refractivity contribution in [3.8, 4) is 5.75 Å². The normalized spacial score (nSPS) is 13.4. The molecule has 0 aliphatic carbocycles. The molecule has 1 aromatic carbocycles. The molecule has 1 atom stereocenters. The number of benzene rings is 1. The van der Waals surface area contributed by atoms with E-state index in [0.717, 1.165) is 10.0 Å². The second-order valence-corrected chi connectivity index (χ2v) is 5.70. The molecule has 0 heterocycles. The minimum absolute atomic E-state index is 0.0178. The van der Waals surface area contributed by atoms with Gasteiger partial charge in [0.25, 0.3) is 0 Å². The van der Waals surface area contributed by atoms with E-state index in [-0.39, 0.29) is 11.2 Å². The lowest BCUT2D eigenvalue weighted by Crippen LogP contribution is -2.08. The van der Waals surface area contributed by atoms with Crippen molar-refractivity contribution in [2.75, 3.05) is 6.61 Å². The largest absolute Gasteiger partial charge is 0.493 e. The van der Waals surface area contributed by atoms with Crippen LogP contribution in [-0.4, -0.2) is 12.8 Å². The lowest BCUT2D eigenvalue weighted by Gasteiger charge is -2.14. The minimum Gasteiger partial charge on any atom is -0.493 e. The van der Waals surface area contributed by atoms with Gasteiger partial charge in [0.2, 0.25) is 0 Å². The molecule has 0 fully saturated rings. The number of ether oxygens (including phenoxy) is 1. The third-order valence-corrected chi connectivity index (χ3v) is 3.90. The van der Waals surface area contributed by atoms with Crippen LogP contribution in [0, 0.1) is 0 Å². The van der Waals surface area contributed by atoms with Gasteiger partial charge >= 0.3 is 6.18 Å². The molecule has 6 heteroatoms. The summed E-state index contributed by atoms with van der Waals surface area (Å²) in [4.78, 5) is -0.314. The smallest absolute Gasteiger partial charge is 0.389 e. The quantitative estimate of drug-likeness (QED) is 0.593. The Balaban J connectivity index is 2.69. The van der Waals surface area contributed by atoms with Crippen LogP contribution >= 0.6 is 31.9 Å². The van der Waals surface area contributed by atoms with Gasteiger partial charge in [0.05, 0.1) is 11.1 Å². The Kier molecular flexibility index (Phi) is 5.98. The fraction of sp³-hybridized carbons (Fsp3) is 0.500. The van der Waals surface area contributed by atoms with Gasteiger partial charge in [-0.1, -0.05) is 22.0 Å². The Morgan fingerprint density at radius 3 is 2.50 bits per heavy atom. The van der Waals surface area contributed by atoms with Crippen LogP contribution < -0.4 is 4.74 Å². The van der Waals surface area contributed by atoms with Crippen molar-refractivity contribution in [3.05, 3.63) is 28.2 Å². The Bertz CT molecular complexity index is 393. The molecule has 102 valence electrons. The third-order valence-electron chi connectivity index (χ3n) is 2.30. The lowest BCUT2D eigenvalue weighted by molar-refractivity contribution is -0.135. The van der Waals surface area contributed by atoms with Crippen molar-refractivity contribution < 1.29 is 17.9 Å². The fourth-order valence-corrected chi connectivity index (χ4v) is 2.47. The minimum atomic E-state index is -4.12. The number of hydrogen-bond acceptors (Lipinski definition) is 1. The Morgan fingerprint density at radius 1 is 1.33 bits per heavy atom. The van der Waals surface area contributed by atoms with E-state index in [2.05, 4.69) is 31.9 Å². The predicted molar refractivity (Wildman–Crippen MR) is 72.3 cm³/mol. The van der Waals surface area contributed by atoms with E-state index in [1.807, 2.05) is 6.92 Å². The van der Waals surface area contributed by atoms with Gasteiger partial charge in [-0.15, -0.1) is 0 Å². The van der Waals surface area contributed by atoms with E-state index < -0.39 is 12.6 Å². The average Bonchev–Trinajstić information content (AvgIpc) is 2.28. The SMILES string of the molecule is CCOc1ccc(C(Br)CCC(F)(F)F)cc1Br. The molecule has 18 heavy (non-hydrogen) atoms. The molecule has 0 bridgehead atoms. The predicted octanol–water partition coefficient (Wildman–Crippen LogP) is 5.63. The zero-order valence-electron chi connectivity index (χ0n) is 9.73. The first-order valence-corrected chi connectivity index (χ1v) is 7.17. The molecule has 0 radical (unpaired) electrons. The second-order valence-electron chi connectivity index (χ2n) is 3.74. The average molecular weight is 390 g/mol. The van der Waals surface area contributed by atoms with Crippen molar-refractivity contribution in [2.24, 2.45) is 0 Å². The monoisotopic (exact) mass is 388 g/mol. The molecule has 1 rings (SSSR count). The summed E-state index contributed by atoms with van der Waals surface area (Å²) in [7, 11) is 0. The summed E-state index contributed by atoms with van der Waals surface area (Å²) in [6.45, 7) is 2.42. The van der Waals surface area contributed by atoms with Crippen molar-refractivity contribution in [1.82, 2.24) is 0 Å². The summed E-state index contributed by atoms with van der Waals surface area (Å²) in [6, 6.07) is 5.30. The highest BCUT2D eigenvalue weighted by molar-refractivity contribution is 9.10. The highest BCUT2D eigenvalue weighted by atomic mass is 79.9. The van der Waals surface area contributed by atoms with Crippen LogP contribution in [0.4, 0.5) is 13.2 Å². The first kappa shape index (κ1) is 15.8. The summed E-state index contributed by atoms with van der Waals surface area (Å²) < 4.78 is 42.5. The molecule has 0 aromatic heterocycles.